The smallest absolute Gasteiger partial charge is 0.224 e. The molecule has 2 aliphatic rings. The van der Waals surface area contributed by atoms with Crippen LogP contribution in [0.3, 0.4) is 0 Å². The van der Waals surface area contributed by atoms with Gasteiger partial charge in [0.2, 0.25) is 5.91 Å². The lowest BCUT2D eigenvalue weighted by Crippen LogP contribution is -2.52. The Bertz CT molecular complexity index is 548. The van der Waals surface area contributed by atoms with E-state index in [-0.39, 0.29) is 18.4 Å². The van der Waals surface area contributed by atoms with Gasteiger partial charge in [-0.2, -0.15) is 0 Å². The molecule has 2 N–H and O–H groups in total. The van der Waals surface area contributed by atoms with Crippen LogP contribution in [-0.4, -0.2) is 24.5 Å². The van der Waals surface area contributed by atoms with E-state index < -0.39 is 5.82 Å². The Morgan fingerprint density at radius 2 is 1.92 bits per heavy atom. The van der Waals surface area contributed by atoms with Crippen LogP contribution in [0.15, 0.2) is 18.2 Å². The van der Waals surface area contributed by atoms with Gasteiger partial charge in [0.05, 0.1) is 6.42 Å². The van der Waals surface area contributed by atoms with Crippen LogP contribution in [0.5, 0.6) is 0 Å². The van der Waals surface area contributed by atoms with Crippen molar-refractivity contribution in [2.75, 3.05) is 6.54 Å². The molecule has 2 saturated carbocycles. The van der Waals surface area contributed by atoms with Crippen LogP contribution in [0.4, 0.5) is 4.39 Å². The van der Waals surface area contributed by atoms with Crippen LogP contribution in [0.2, 0.25) is 5.02 Å². The highest BCUT2D eigenvalue weighted by Crippen LogP contribution is 2.27. The lowest BCUT2D eigenvalue weighted by molar-refractivity contribution is -0.121. The van der Waals surface area contributed by atoms with Gasteiger partial charge in [-0.3, -0.25) is 4.79 Å². The summed E-state index contributed by atoms with van der Waals surface area (Å²) in [6.45, 7) is 1.10. The molecule has 0 aromatic heterocycles. The molecule has 2 aliphatic carbocycles. The van der Waals surface area contributed by atoms with Crippen molar-refractivity contribution < 1.29 is 9.18 Å². The number of benzene rings is 1. The second kappa shape index (κ2) is 8.30. The Balaban J connectivity index is 1.31. The first-order valence-corrected chi connectivity index (χ1v) is 9.44. The van der Waals surface area contributed by atoms with Gasteiger partial charge in [-0.1, -0.05) is 37.3 Å². The first-order valence-electron chi connectivity index (χ1n) is 9.06. The molecule has 132 valence electrons. The number of rotatable bonds is 7. The van der Waals surface area contributed by atoms with Gasteiger partial charge < -0.3 is 10.6 Å². The number of halogens is 2. The first-order chi connectivity index (χ1) is 11.6. The Labute approximate surface area is 148 Å². The van der Waals surface area contributed by atoms with Crippen molar-refractivity contribution in [2.45, 2.75) is 63.5 Å². The van der Waals surface area contributed by atoms with Crippen LogP contribution in [-0.2, 0) is 11.2 Å². The van der Waals surface area contributed by atoms with E-state index in [0.717, 1.165) is 25.3 Å². The second-order valence-electron chi connectivity index (χ2n) is 7.28. The summed E-state index contributed by atoms with van der Waals surface area (Å²) in [4.78, 5) is 12.0. The van der Waals surface area contributed by atoms with Crippen molar-refractivity contribution in [1.82, 2.24) is 10.6 Å². The third kappa shape index (κ3) is 5.18. The predicted octanol–water partition coefficient (Wildman–Crippen LogP) is 3.84. The minimum atomic E-state index is -0.402. The van der Waals surface area contributed by atoms with E-state index >= 15 is 0 Å². The number of hydrogen-bond donors (Lipinski definition) is 2. The van der Waals surface area contributed by atoms with Crippen molar-refractivity contribution in [3.8, 4) is 0 Å². The molecule has 0 unspecified atom stereocenters. The van der Waals surface area contributed by atoms with E-state index in [1.165, 1.54) is 44.2 Å². The fourth-order valence-electron chi connectivity index (χ4n) is 3.87. The fraction of sp³-hybridized carbons (Fsp3) is 0.632. The van der Waals surface area contributed by atoms with Gasteiger partial charge in [-0.15, -0.1) is 0 Å². The van der Waals surface area contributed by atoms with E-state index in [0.29, 0.717) is 16.6 Å². The van der Waals surface area contributed by atoms with E-state index in [9.17, 15) is 9.18 Å². The van der Waals surface area contributed by atoms with Crippen molar-refractivity contribution in [1.29, 1.82) is 0 Å². The van der Waals surface area contributed by atoms with Gasteiger partial charge in [0, 0.05) is 17.1 Å². The largest absolute Gasteiger partial charge is 0.353 e. The molecular formula is C19H26ClFN2O. The average Bonchev–Trinajstić information content (AvgIpc) is 2.96. The van der Waals surface area contributed by atoms with E-state index in [1.54, 1.807) is 6.07 Å². The molecule has 3 rings (SSSR count). The van der Waals surface area contributed by atoms with Gasteiger partial charge in [0.15, 0.2) is 0 Å². The summed E-state index contributed by atoms with van der Waals surface area (Å²) in [6, 6.07) is 5.01. The zero-order valence-corrected chi connectivity index (χ0v) is 14.7. The van der Waals surface area contributed by atoms with Crippen LogP contribution < -0.4 is 10.6 Å². The fourth-order valence-corrected chi connectivity index (χ4v) is 4.11. The summed E-state index contributed by atoms with van der Waals surface area (Å²) in [5.74, 6) is 0.456. The molecule has 3 nitrogen and oxygen atoms in total. The van der Waals surface area contributed by atoms with Gasteiger partial charge in [0.1, 0.15) is 5.82 Å². The highest BCUT2D eigenvalue weighted by molar-refractivity contribution is 6.30. The number of hydrogen-bond acceptors (Lipinski definition) is 2. The van der Waals surface area contributed by atoms with Crippen LogP contribution in [0.25, 0.3) is 0 Å². The first kappa shape index (κ1) is 17.7. The number of carbonyl (C=O) groups is 1. The highest BCUT2D eigenvalue weighted by Gasteiger charge is 2.29. The second-order valence-corrected chi connectivity index (χ2v) is 7.72. The third-order valence-corrected chi connectivity index (χ3v) is 5.47. The number of nitrogens with one attached hydrogen (secondary N) is 2. The van der Waals surface area contributed by atoms with E-state index in [2.05, 4.69) is 10.6 Å². The summed E-state index contributed by atoms with van der Waals surface area (Å²) < 4.78 is 13.3. The molecule has 24 heavy (non-hydrogen) atoms. The van der Waals surface area contributed by atoms with Crippen LogP contribution in [0, 0.1) is 11.7 Å². The quantitative estimate of drug-likeness (QED) is 0.782. The SMILES string of the molecule is O=C(Cc1cc(F)cc(Cl)c1)NC1CC(NCCC2CCCC2)C1. The summed E-state index contributed by atoms with van der Waals surface area (Å²) >= 11 is 5.81. The molecule has 0 radical (unpaired) electrons. The number of carbonyl (C=O) groups excluding carboxylic acids is 1. The maximum absolute atomic E-state index is 13.3. The van der Waals surface area contributed by atoms with Gasteiger partial charge in [0.25, 0.3) is 0 Å². The van der Waals surface area contributed by atoms with Crippen molar-refractivity contribution in [3.63, 3.8) is 0 Å². The Kier molecular flexibility index (Phi) is 6.12. The number of amides is 1. The van der Waals surface area contributed by atoms with Gasteiger partial charge >= 0.3 is 0 Å². The normalized spacial score (nSPS) is 23.9. The van der Waals surface area contributed by atoms with Crippen LogP contribution in [0.1, 0.15) is 50.5 Å². The molecule has 0 atom stereocenters. The molecule has 1 aromatic rings. The van der Waals surface area contributed by atoms with E-state index in [4.69, 9.17) is 11.6 Å². The summed E-state index contributed by atoms with van der Waals surface area (Å²) in [6.07, 6.45) is 9.03. The molecule has 1 aromatic carbocycles. The Hall–Kier alpha value is -1.13. The van der Waals surface area contributed by atoms with Crippen LogP contribution >= 0.6 is 11.6 Å². The maximum atomic E-state index is 13.3. The van der Waals surface area contributed by atoms with Crippen molar-refractivity contribution in [3.05, 3.63) is 34.6 Å². The molecule has 0 saturated heterocycles. The molecule has 0 bridgehead atoms. The predicted molar refractivity (Wildman–Crippen MR) is 94.6 cm³/mol. The topological polar surface area (TPSA) is 41.1 Å². The van der Waals surface area contributed by atoms with Gasteiger partial charge in [-0.25, -0.2) is 4.39 Å². The molecule has 1 amide bonds. The molecular weight excluding hydrogens is 327 g/mol. The lowest BCUT2D eigenvalue weighted by atomic mass is 9.86. The third-order valence-electron chi connectivity index (χ3n) is 5.25. The Morgan fingerprint density at radius 1 is 1.17 bits per heavy atom. The Morgan fingerprint density at radius 3 is 2.62 bits per heavy atom. The summed E-state index contributed by atoms with van der Waals surface area (Å²) in [5.41, 5.74) is 0.614. The monoisotopic (exact) mass is 352 g/mol. The highest BCUT2D eigenvalue weighted by atomic mass is 35.5. The molecule has 0 aliphatic heterocycles. The van der Waals surface area contributed by atoms with E-state index in [1.807, 2.05) is 0 Å². The van der Waals surface area contributed by atoms with Crippen molar-refractivity contribution in [2.24, 2.45) is 5.92 Å². The lowest BCUT2D eigenvalue weighted by Gasteiger charge is -2.36. The minimum Gasteiger partial charge on any atom is -0.353 e. The standard InChI is InChI=1S/C19H26ClFN2O/c20-15-7-14(8-16(21)10-15)9-19(24)23-18-11-17(12-18)22-6-5-13-3-1-2-4-13/h7-8,10,13,17-18,22H,1-6,9,11-12H2,(H,23,24). The molecule has 0 spiro atoms. The zero-order chi connectivity index (χ0) is 16.9. The summed E-state index contributed by atoms with van der Waals surface area (Å²) in [7, 11) is 0. The maximum Gasteiger partial charge on any atom is 0.224 e. The summed E-state index contributed by atoms with van der Waals surface area (Å²) in [5, 5.41) is 6.94. The van der Waals surface area contributed by atoms with Crippen molar-refractivity contribution >= 4 is 17.5 Å². The minimum absolute atomic E-state index is 0.0638. The average molecular weight is 353 g/mol. The van der Waals surface area contributed by atoms with Gasteiger partial charge in [-0.05, 0) is 55.5 Å². The molecule has 2 fully saturated rings. The zero-order valence-electron chi connectivity index (χ0n) is 14.0. The molecule has 5 heteroatoms. The molecule has 0 heterocycles.